The van der Waals surface area contributed by atoms with Gasteiger partial charge in [-0.15, -0.1) is 0 Å². The monoisotopic (exact) mass is 394 g/mol. The molecule has 2 aromatic heterocycles. The van der Waals surface area contributed by atoms with Gasteiger partial charge >= 0.3 is 0 Å². The Labute approximate surface area is 174 Å². The van der Waals surface area contributed by atoms with Gasteiger partial charge in [0.25, 0.3) is 0 Å². The summed E-state index contributed by atoms with van der Waals surface area (Å²) < 4.78 is 7.32. The molecule has 0 aliphatic carbocycles. The predicted molar refractivity (Wildman–Crippen MR) is 111 cm³/mol. The lowest BCUT2D eigenvalue weighted by Crippen LogP contribution is -2.07. The first kappa shape index (κ1) is 19.2. The fourth-order valence-electron chi connectivity index (χ4n) is 3.01. The van der Waals surface area contributed by atoms with Gasteiger partial charge in [0.2, 0.25) is 0 Å². The van der Waals surface area contributed by atoms with Crippen molar-refractivity contribution < 1.29 is 9.63 Å². The number of aromatic nitrogens is 3. The summed E-state index contributed by atoms with van der Waals surface area (Å²) in [4.78, 5) is 4.16. The summed E-state index contributed by atoms with van der Waals surface area (Å²) in [5.41, 5.74) is 4.00. The molecule has 4 aromatic rings. The zero-order valence-corrected chi connectivity index (χ0v) is 16.3. The first-order valence-electron chi connectivity index (χ1n) is 9.39. The second-order valence-electron chi connectivity index (χ2n) is 6.79. The van der Waals surface area contributed by atoms with E-state index < -0.39 is 6.10 Å². The fourth-order valence-corrected chi connectivity index (χ4v) is 3.01. The predicted octanol–water partition coefficient (Wildman–Crippen LogP) is 3.91. The van der Waals surface area contributed by atoms with Crippen LogP contribution in [-0.4, -0.2) is 19.8 Å². The third-order valence-corrected chi connectivity index (χ3v) is 4.55. The minimum atomic E-state index is -0.649. The lowest BCUT2D eigenvalue weighted by Gasteiger charge is -2.07. The van der Waals surface area contributed by atoms with E-state index in [0.717, 1.165) is 22.4 Å². The van der Waals surface area contributed by atoms with E-state index in [1.54, 1.807) is 31.5 Å². The summed E-state index contributed by atoms with van der Waals surface area (Å²) in [6.07, 6.45) is 2.81. The van der Waals surface area contributed by atoms with Gasteiger partial charge in [-0.1, -0.05) is 17.0 Å². The number of nitrogens with zero attached hydrogens (tertiary/aromatic N) is 4. The molecule has 146 valence electrons. The molecular formula is C24H18N4O2. The number of aliphatic hydroxyl groups excluding tert-OH is 1. The average Bonchev–Trinajstić information content (AvgIpc) is 3.43. The van der Waals surface area contributed by atoms with E-state index in [2.05, 4.69) is 28.1 Å². The standard InChI is InChI=1S/C24H18N4O2/c1-17(29)24-26-12-13-28(24)16-22-14-23(30-27-22)21-10-8-19(9-11-21)3-2-18-4-6-20(15-25)7-5-18/h4-14,17,29H,16H2,1H3. The summed E-state index contributed by atoms with van der Waals surface area (Å²) >= 11 is 0. The third kappa shape index (κ3) is 4.30. The number of benzene rings is 2. The molecule has 0 aliphatic rings. The molecule has 0 amide bonds. The molecule has 2 aromatic carbocycles. The molecule has 0 spiro atoms. The Kier molecular flexibility index (Phi) is 5.43. The van der Waals surface area contributed by atoms with Crippen LogP contribution in [0.2, 0.25) is 0 Å². The molecule has 6 nitrogen and oxygen atoms in total. The molecule has 0 bridgehead atoms. The number of rotatable bonds is 4. The molecule has 0 radical (unpaired) electrons. The highest BCUT2D eigenvalue weighted by atomic mass is 16.5. The first-order valence-corrected chi connectivity index (χ1v) is 9.39. The van der Waals surface area contributed by atoms with Crippen LogP contribution in [0.1, 0.15) is 41.2 Å². The van der Waals surface area contributed by atoms with Crippen LogP contribution < -0.4 is 0 Å². The molecule has 0 saturated carbocycles. The third-order valence-electron chi connectivity index (χ3n) is 4.55. The molecule has 30 heavy (non-hydrogen) atoms. The summed E-state index contributed by atoms with van der Waals surface area (Å²) in [6, 6.07) is 18.9. The van der Waals surface area contributed by atoms with Gasteiger partial charge in [0.05, 0.1) is 18.2 Å². The fraction of sp³-hybridized carbons (Fsp3) is 0.125. The van der Waals surface area contributed by atoms with Crippen molar-refractivity contribution in [1.29, 1.82) is 5.26 Å². The average molecular weight is 394 g/mol. The Balaban J connectivity index is 1.46. The van der Waals surface area contributed by atoms with E-state index >= 15 is 0 Å². The maximum Gasteiger partial charge on any atom is 0.167 e. The van der Waals surface area contributed by atoms with Crippen LogP contribution >= 0.6 is 0 Å². The number of hydrogen-bond donors (Lipinski definition) is 1. The van der Waals surface area contributed by atoms with Crippen LogP contribution in [0.4, 0.5) is 0 Å². The molecule has 1 atom stereocenters. The van der Waals surface area contributed by atoms with Crippen LogP contribution in [0, 0.1) is 23.2 Å². The number of hydrogen-bond acceptors (Lipinski definition) is 5. The Morgan fingerprint density at radius 3 is 2.30 bits per heavy atom. The topological polar surface area (TPSA) is 87.9 Å². The maximum atomic E-state index is 9.77. The van der Waals surface area contributed by atoms with Crippen molar-refractivity contribution in [3.8, 4) is 29.2 Å². The van der Waals surface area contributed by atoms with Crippen LogP contribution in [0.3, 0.4) is 0 Å². The largest absolute Gasteiger partial charge is 0.385 e. The normalized spacial score (nSPS) is 11.4. The Bertz CT molecular complexity index is 1250. The highest BCUT2D eigenvalue weighted by Crippen LogP contribution is 2.22. The van der Waals surface area contributed by atoms with Gasteiger partial charge < -0.3 is 14.2 Å². The lowest BCUT2D eigenvalue weighted by atomic mass is 10.1. The molecule has 6 heteroatoms. The summed E-state index contributed by atoms with van der Waals surface area (Å²) in [7, 11) is 0. The quantitative estimate of drug-likeness (QED) is 0.530. The lowest BCUT2D eigenvalue weighted by molar-refractivity contribution is 0.184. The van der Waals surface area contributed by atoms with Gasteiger partial charge in [-0.25, -0.2) is 4.98 Å². The molecule has 1 N–H and O–H groups in total. The van der Waals surface area contributed by atoms with Crippen molar-refractivity contribution in [3.05, 3.63) is 95.2 Å². The van der Waals surface area contributed by atoms with Gasteiger partial charge in [0.15, 0.2) is 5.76 Å². The van der Waals surface area contributed by atoms with Gasteiger partial charge in [-0.3, -0.25) is 0 Å². The van der Waals surface area contributed by atoms with Crippen LogP contribution in [0.15, 0.2) is 71.5 Å². The van der Waals surface area contributed by atoms with E-state index in [0.29, 0.717) is 23.7 Å². The van der Waals surface area contributed by atoms with E-state index in [9.17, 15) is 5.11 Å². The van der Waals surface area contributed by atoms with Crippen molar-refractivity contribution in [1.82, 2.24) is 14.7 Å². The highest BCUT2D eigenvalue weighted by Gasteiger charge is 2.12. The summed E-state index contributed by atoms with van der Waals surface area (Å²) in [5, 5.41) is 22.7. The van der Waals surface area contributed by atoms with Gasteiger partial charge in [0.1, 0.15) is 17.6 Å². The molecular weight excluding hydrogens is 376 g/mol. The van der Waals surface area contributed by atoms with Crippen LogP contribution in [-0.2, 0) is 6.54 Å². The van der Waals surface area contributed by atoms with Crippen molar-refractivity contribution in [3.63, 3.8) is 0 Å². The van der Waals surface area contributed by atoms with Gasteiger partial charge in [-0.05, 0) is 55.5 Å². The van der Waals surface area contributed by atoms with Crippen molar-refractivity contribution >= 4 is 0 Å². The van der Waals surface area contributed by atoms with E-state index in [-0.39, 0.29) is 0 Å². The second kappa shape index (κ2) is 8.48. The first-order chi connectivity index (χ1) is 14.6. The zero-order valence-electron chi connectivity index (χ0n) is 16.3. The molecule has 1 unspecified atom stereocenters. The summed E-state index contributed by atoms with van der Waals surface area (Å²) in [5.74, 6) is 7.46. The SMILES string of the molecule is CC(O)c1nccn1Cc1cc(-c2ccc(C#Cc3ccc(C#N)cc3)cc2)on1. The van der Waals surface area contributed by atoms with Crippen molar-refractivity contribution in [2.45, 2.75) is 19.6 Å². The molecule has 2 heterocycles. The molecule has 0 fully saturated rings. The van der Waals surface area contributed by atoms with Crippen LogP contribution in [0.5, 0.6) is 0 Å². The maximum absolute atomic E-state index is 9.77. The number of aliphatic hydroxyl groups is 1. The Morgan fingerprint density at radius 2 is 1.67 bits per heavy atom. The number of nitriles is 1. The van der Waals surface area contributed by atoms with E-state index in [1.807, 2.05) is 47.0 Å². The van der Waals surface area contributed by atoms with Crippen molar-refractivity contribution in [2.24, 2.45) is 0 Å². The Hall–Kier alpha value is -4.13. The molecule has 4 rings (SSSR count). The van der Waals surface area contributed by atoms with E-state index in [4.69, 9.17) is 9.78 Å². The minimum absolute atomic E-state index is 0.470. The zero-order chi connectivity index (χ0) is 20.9. The highest BCUT2D eigenvalue weighted by molar-refractivity contribution is 5.59. The van der Waals surface area contributed by atoms with Crippen molar-refractivity contribution in [2.75, 3.05) is 0 Å². The molecule has 0 saturated heterocycles. The summed E-state index contributed by atoms with van der Waals surface area (Å²) in [6.45, 7) is 2.15. The number of imidazole rings is 1. The van der Waals surface area contributed by atoms with Gasteiger partial charge in [0, 0.05) is 35.2 Å². The minimum Gasteiger partial charge on any atom is -0.385 e. The Morgan fingerprint density at radius 1 is 1.03 bits per heavy atom. The second-order valence-corrected chi connectivity index (χ2v) is 6.79. The van der Waals surface area contributed by atoms with Gasteiger partial charge in [-0.2, -0.15) is 5.26 Å². The van der Waals surface area contributed by atoms with E-state index in [1.165, 1.54) is 0 Å². The smallest absolute Gasteiger partial charge is 0.167 e. The molecule has 0 aliphatic heterocycles. The van der Waals surface area contributed by atoms with Crippen LogP contribution in [0.25, 0.3) is 11.3 Å².